The highest BCUT2D eigenvalue weighted by Gasteiger charge is 2.22. The number of pyridine rings is 1. The minimum atomic E-state index is -0.998. The van der Waals surface area contributed by atoms with Gasteiger partial charge in [-0.3, -0.25) is 9.59 Å². The Bertz CT molecular complexity index is 1550. The molecule has 0 saturated carbocycles. The number of fused-ring (bicyclic) bond motifs is 1. The first kappa shape index (κ1) is 29.4. The molecular weight excluding hydrogens is 558 g/mol. The van der Waals surface area contributed by atoms with Crippen molar-refractivity contribution in [1.82, 2.24) is 20.3 Å². The number of aromatic nitrogens is 3. The first-order valence-electron chi connectivity index (χ1n) is 12.8. The van der Waals surface area contributed by atoms with Gasteiger partial charge in [0.05, 0.1) is 22.8 Å². The van der Waals surface area contributed by atoms with Crippen LogP contribution in [0.3, 0.4) is 0 Å². The molecule has 5 N–H and O–H groups in total. The van der Waals surface area contributed by atoms with E-state index in [4.69, 9.17) is 16.6 Å². The van der Waals surface area contributed by atoms with Crippen LogP contribution in [0.2, 0.25) is 5.02 Å². The summed E-state index contributed by atoms with van der Waals surface area (Å²) >= 11 is 6.05. The molecule has 1 amide bonds. The summed E-state index contributed by atoms with van der Waals surface area (Å²) in [5.74, 6) is -0.154. The number of benzene rings is 2. The van der Waals surface area contributed by atoms with Crippen molar-refractivity contribution < 1.29 is 14.3 Å². The highest BCUT2D eigenvalue weighted by atomic mass is 35.5. The lowest BCUT2D eigenvalue weighted by molar-refractivity contribution is -0.122. The molecule has 212 valence electrons. The molecule has 5 rings (SSSR count). The van der Waals surface area contributed by atoms with E-state index in [-0.39, 0.29) is 30.6 Å². The van der Waals surface area contributed by atoms with Crippen molar-refractivity contribution in [3.63, 3.8) is 0 Å². The molecule has 9 nitrogen and oxygen atoms in total. The lowest BCUT2D eigenvalue weighted by atomic mass is 10.0. The standard InChI is InChI=1S/C28H30ClFN6O3.ClH/c1-16-11-20(36-9-6-19(7-10-36)33-24(38)14-30)13-22-26(16)35-27(34-22)25-21(5-8-31-28(25)39)32-15-23(37)17-3-2-4-18(29)12-17;/h2-5,8,11-13,19,23,37H,6-7,9-10,14-15H2,1H3,(H,33,38)(H,34,35)(H2,31,32,39);1H/t23-;/m1./s1. The predicted octanol–water partition coefficient (Wildman–Crippen LogP) is 4.50. The largest absolute Gasteiger partial charge is 0.387 e. The summed E-state index contributed by atoms with van der Waals surface area (Å²) in [5.41, 5.74) is 4.75. The number of rotatable bonds is 8. The molecule has 0 unspecified atom stereocenters. The Hall–Kier alpha value is -3.60. The molecule has 0 aliphatic carbocycles. The number of aliphatic hydroxyl groups excluding tert-OH is 1. The van der Waals surface area contributed by atoms with Gasteiger partial charge in [0.2, 0.25) is 0 Å². The zero-order valence-corrected chi connectivity index (χ0v) is 23.4. The molecule has 3 heterocycles. The number of piperidine rings is 1. The molecular formula is C28H31Cl2FN6O3. The van der Waals surface area contributed by atoms with Crippen LogP contribution >= 0.6 is 24.0 Å². The van der Waals surface area contributed by atoms with E-state index in [1.807, 2.05) is 13.0 Å². The van der Waals surface area contributed by atoms with Gasteiger partial charge < -0.3 is 30.6 Å². The van der Waals surface area contributed by atoms with Crippen molar-refractivity contribution in [2.45, 2.75) is 31.9 Å². The molecule has 1 aliphatic heterocycles. The summed E-state index contributed by atoms with van der Waals surface area (Å²) in [6.45, 7) is 2.60. The fourth-order valence-electron chi connectivity index (χ4n) is 5.02. The monoisotopic (exact) mass is 588 g/mol. The van der Waals surface area contributed by atoms with E-state index in [2.05, 4.69) is 31.6 Å². The minimum absolute atomic E-state index is 0. The number of aliphatic hydroxyl groups is 1. The predicted molar refractivity (Wildman–Crippen MR) is 158 cm³/mol. The van der Waals surface area contributed by atoms with Crippen molar-refractivity contribution >= 4 is 52.3 Å². The number of carbonyl (C=O) groups is 1. The smallest absolute Gasteiger partial charge is 0.261 e. The number of carbonyl (C=O) groups excluding carboxylic acids is 1. The van der Waals surface area contributed by atoms with E-state index in [9.17, 15) is 19.1 Å². The van der Waals surface area contributed by atoms with Crippen LogP contribution in [0.1, 0.15) is 30.1 Å². The van der Waals surface area contributed by atoms with Crippen molar-refractivity contribution in [2.24, 2.45) is 0 Å². The normalized spacial score (nSPS) is 14.6. The molecule has 40 heavy (non-hydrogen) atoms. The van der Waals surface area contributed by atoms with Crippen LogP contribution in [0.4, 0.5) is 15.8 Å². The number of nitrogens with one attached hydrogen (secondary N) is 4. The van der Waals surface area contributed by atoms with E-state index in [0.717, 1.165) is 48.2 Å². The summed E-state index contributed by atoms with van der Waals surface area (Å²) in [7, 11) is 0. The van der Waals surface area contributed by atoms with Crippen LogP contribution in [0.25, 0.3) is 22.4 Å². The Morgan fingerprint density at radius 2 is 2.02 bits per heavy atom. The number of amides is 1. The third-order valence-electron chi connectivity index (χ3n) is 7.03. The SMILES string of the molecule is Cc1cc(N2CCC(NC(=O)CF)CC2)cc2[nH]c(-c3c(NC[C@@H](O)c4cccc(Cl)c4)cc[nH]c3=O)nc12.Cl. The molecule has 0 bridgehead atoms. The molecule has 1 atom stereocenters. The molecule has 2 aromatic heterocycles. The topological polar surface area (TPSA) is 126 Å². The van der Waals surface area contributed by atoms with Crippen LogP contribution in [-0.2, 0) is 4.79 Å². The van der Waals surface area contributed by atoms with Crippen LogP contribution in [0, 0.1) is 6.92 Å². The van der Waals surface area contributed by atoms with E-state index in [1.165, 1.54) is 0 Å². The highest BCUT2D eigenvalue weighted by molar-refractivity contribution is 6.30. The van der Waals surface area contributed by atoms with Crippen molar-refractivity contribution in [3.05, 3.63) is 75.2 Å². The van der Waals surface area contributed by atoms with Gasteiger partial charge in [0.1, 0.15) is 11.4 Å². The minimum Gasteiger partial charge on any atom is -0.387 e. The zero-order valence-electron chi connectivity index (χ0n) is 21.8. The summed E-state index contributed by atoms with van der Waals surface area (Å²) in [6.07, 6.45) is 2.18. The second kappa shape index (κ2) is 12.7. The Labute approximate surface area is 241 Å². The number of halogens is 3. The molecule has 2 aromatic carbocycles. The van der Waals surface area contributed by atoms with E-state index in [0.29, 0.717) is 27.7 Å². The van der Waals surface area contributed by atoms with Gasteiger partial charge in [-0.2, -0.15) is 0 Å². The van der Waals surface area contributed by atoms with Gasteiger partial charge in [0, 0.05) is 42.6 Å². The number of anilines is 2. The summed E-state index contributed by atoms with van der Waals surface area (Å²) < 4.78 is 12.5. The second-order valence-corrected chi connectivity index (χ2v) is 10.2. The number of hydrogen-bond donors (Lipinski definition) is 5. The van der Waals surface area contributed by atoms with Crippen molar-refractivity contribution in [3.8, 4) is 11.4 Å². The van der Waals surface area contributed by atoms with Crippen molar-refractivity contribution in [2.75, 3.05) is 36.5 Å². The number of H-pyrrole nitrogens is 2. The molecule has 0 spiro atoms. The second-order valence-electron chi connectivity index (χ2n) is 9.75. The van der Waals surface area contributed by atoms with Gasteiger partial charge >= 0.3 is 0 Å². The number of hydrogen-bond acceptors (Lipinski definition) is 6. The molecule has 0 radical (unpaired) electrons. The number of imidazole rings is 1. The third kappa shape index (κ3) is 6.41. The maximum Gasteiger partial charge on any atom is 0.261 e. The van der Waals surface area contributed by atoms with E-state index in [1.54, 1.807) is 36.5 Å². The molecule has 1 fully saturated rings. The summed E-state index contributed by atoms with van der Waals surface area (Å²) in [6, 6.07) is 12.8. The molecule has 12 heteroatoms. The Kier molecular flexibility index (Phi) is 9.34. The Morgan fingerprint density at radius 3 is 2.75 bits per heavy atom. The molecule has 1 saturated heterocycles. The lowest BCUT2D eigenvalue weighted by Crippen LogP contribution is -2.45. The number of alkyl halides is 1. The van der Waals surface area contributed by atoms with Crippen LogP contribution < -0.4 is 21.1 Å². The van der Waals surface area contributed by atoms with Gasteiger partial charge in [-0.1, -0.05) is 23.7 Å². The van der Waals surface area contributed by atoms with Gasteiger partial charge in [-0.25, -0.2) is 9.37 Å². The lowest BCUT2D eigenvalue weighted by Gasteiger charge is -2.34. The van der Waals surface area contributed by atoms with Gasteiger partial charge in [-0.15, -0.1) is 12.4 Å². The number of aryl methyl sites for hydroxylation is 1. The first-order chi connectivity index (χ1) is 18.8. The van der Waals surface area contributed by atoms with E-state index >= 15 is 0 Å². The van der Waals surface area contributed by atoms with Gasteiger partial charge in [0.25, 0.3) is 11.5 Å². The van der Waals surface area contributed by atoms with Crippen molar-refractivity contribution in [1.29, 1.82) is 0 Å². The molecule has 4 aromatic rings. The maximum absolute atomic E-state index is 12.9. The fourth-order valence-corrected chi connectivity index (χ4v) is 5.22. The average Bonchev–Trinajstić information content (AvgIpc) is 3.36. The summed E-state index contributed by atoms with van der Waals surface area (Å²) in [5, 5.41) is 17.1. The zero-order chi connectivity index (χ0) is 27.5. The van der Waals surface area contributed by atoms with Crippen LogP contribution in [0.5, 0.6) is 0 Å². The van der Waals surface area contributed by atoms with Gasteiger partial charge in [-0.05, 0) is 61.2 Å². The third-order valence-corrected chi connectivity index (χ3v) is 7.26. The quantitative estimate of drug-likeness (QED) is 0.206. The Morgan fingerprint density at radius 1 is 1.25 bits per heavy atom. The van der Waals surface area contributed by atoms with Crippen LogP contribution in [-0.4, -0.2) is 58.3 Å². The molecule has 1 aliphatic rings. The summed E-state index contributed by atoms with van der Waals surface area (Å²) in [4.78, 5) is 37.3. The van der Waals surface area contributed by atoms with Crippen LogP contribution in [0.15, 0.2) is 53.5 Å². The number of aromatic amines is 2. The average molecular weight is 589 g/mol. The maximum atomic E-state index is 12.9. The van der Waals surface area contributed by atoms with Gasteiger partial charge in [0.15, 0.2) is 6.67 Å². The fraction of sp³-hybridized carbons (Fsp3) is 0.321. The first-order valence-corrected chi connectivity index (χ1v) is 13.2. The Balaban J connectivity index is 0.00000370. The van der Waals surface area contributed by atoms with E-state index < -0.39 is 18.7 Å². The highest BCUT2D eigenvalue weighted by Crippen LogP contribution is 2.30. The number of nitrogens with zero attached hydrogens (tertiary/aromatic N) is 2.